The summed E-state index contributed by atoms with van der Waals surface area (Å²) in [7, 11) is 0. The number of amides is 1. The van der Waals surface area contributed by atoms with E-state index < -0.39 is 17.7 Å². The Kier molecular flexibility index (Phi) is 6.26. The van der Waals surface area contributed by atoms with Crippen molar-refractivity contribution in [2.75, 3.05) is 11.9 Å². The van der Waals surface area contributed by atoms with E-state index in [1.807, 2.05) is 32.0 Å². The number of rotatable bonds is 7. The van der Waals surface area contributed by atoms with Crippen LogP contribution in [0.1, 0.15) is 38.1 Å². The molecule has 30 heavy (non-hydrogen) atoms. The Bertz CT molecular complexity index is 1030. The topological polar surface area (TPSA) is 100 Å². The second-order valence-electron chi connectivity index (χ2n) is 8.04. The van der Waals surface area contributed by atoms with Crippen molar-refractivity contribution in [1.82, 2.24) is 20.3 Å². The maximum Gasteiger partial charge on any atom is 0.255 e. The number of hydrogen-bond donors (Lipinski definition) is 3. The molecule has 3 aromatic rings. The summed E-state index contributed by atoms with van der Waals surface area (Å²) < 4.78 is 14.1. The Morgan fingerprint density at radius 3 is 2.50 bits per heavy atom. The summed E-state index contributed by atoms with van der Waals surface area (Å²) in [5, 5.41) is 16.4. The predicted molar refractivity (Wildman–Crippen MR) is 115 cm³/mol. The molecular weight excluding hydrogens is 385 g/mol. The van der Waals surface area contributed by atoms with E-state index >= 15 is 0 Å². The molecule has 0 aliphatic heterocycles. The molecule has 0 fully saturated rings. The normalized spacial score (nSPS) is 12.8. The van der Waals surface area contributed by atoms with Crippen LogP contribution >= 0.6 is 0 Å². The smallest absolute Gasteiger partial charge is 0.255 e. The average Bonchev–Trinajstić information content (AvgIpc) is 2.71. The van der Waals surface area contributed by atoms with Gasteiger partial charge in [0.05, 0.1) is 28.9 Å². The molecule has 3 rings (SSSR count). The summed E-state index contributed by atoms with van der Waals surface area (Å²) in [6.45, 7) is 6.36. The summed E-state index contributed by atoms with van der Waals surface area (Å²) >= 11 is 0. The maximum atomic E-state index is 14.1. The van der Waals surface area contributed by atoms with E-state index in [9.17, 15) is 14.3 Å². The van der Waals surface area contributed by atoms with Gasteiger partial charge >= 0.3 is 0 Å². The van der Waals surface area contributed by atoms with Crippen molar-refractivity contribution in [3.8, 4) is 11.1 Å². The average molecular weight is 411 g/mol. The molecule has 3 N–H and O–H groups in total. The van der Waals surface area contributed by atoms with Crippen molar-refractivity contribution in [2.24, 2.45) is 0 Å². The molecule has 0 spiro atoms. The first-order valence-electron chi connectivity index (χ1n) is 9.76. The van der Waals surface area contributed by atoms with E-state index in [1.54, 1.807) is 12.4 Å². The van der Waals surface area contributed by atoms with Gasteiger partial charge in [-0.15, -0.1) is 0 Å². The first-order valence-corrected chi connectivity index (χ1v) is 9.76. The zero-order valence-electron chi connectivity index (χ0n) is 17.5. The number of aromatic nitrogens is 3. The molecule has 8 heteroatoms. The first kappa shape index (κ1) is 21.6. The van der Waals surface area contributed by atoms with Crippen molar-refractivity contribution in [1.29, 1.82) is 0 Å². The summed E-state index contributed by atoms with van der Waals surface area (Å²) in [6.07, 6.45) is 4.77. The summed E-state index contributed by atoms with van der Waals surface area (Å²) in [6, 6.07) is 5.77. The van der Waals surface area contributed by atoms with E-state index in [4.69, 9.17) is 0 Å². The second-order valence-corrected chi connectivity index (χ2v) is 8.04. The fourth-order valence-electron chi connectivity index (χ4n) is 2.96. The lowest BCUT2D eigenvalue weighted by molar-refractivity contribution is -0.00177. The lowest BCUT2D eigenvalue weighted by atomic mass is 10.0. The van der Waals surface area contributed by atoms with E-state index in [2.05, 4.69) is 25.6 Å². The van der Waals surface area contributed by atoms with Crippen LogP contribution in [0.4, 0.5) is 10.1 Å². The van der Waals surface area contributed by atoms with Gasteiger partial charge in [-0.25, -0.2) is 14.4 Å². The van der Waals surface area contributed by atoms with Crippen LogP contribution in [-0.2, 0) is 0 Å². The molecule has 0 saturated carbocycles. The van der Waals surface area contributed by atoms with Crippen molar-refractivity contribution in [3.05, 3.63) is 48.7 Å². The zero-order valence-corrected chi connectivity index (χ0v) is 17.5. The lowest BCUT2D eigenvalue weighted by Gasteiger charge is -2.23. The van der Waals surface area contributed by atoms with Crippen LogP contribution in [0.2, 0.25) is 0 Å². The Balaban J connectivity index is 2.02. The largest absolute Gasteiger partial charge is 0.387 e. The molecule has 0 radical (unpaired) electrons. The van der Waals surface area contributed by atoms with Gasteiger partial charge in [-0.3, -0.25) is 9.78 Å². The first-order chi connectivity index (χ1) is 14.2. The molecule has 1 aromatic carbocycles. The molecule has 0 aliphatic carbocycles. The maximum absolute atomic E-state index is 14.1. The number of halogens is 1. The Labute approximate surface area is 174 Å². The van der Waals surface area contributed by atoms with Crippen molar-refractivity contribution in [3.63, 3.8) is 0 Å². The highest BCUT2D eigenvalue weighted by Gasteiger charge is 2.27. The van der Waals surface area contributed by atoms with E-state index in [0.717, 1.165) is 22.0 Å². The lowest BCUT2D eigenvalue weighted by Crippen LogP contribution is -2.42. The molecular formula is C22H26FN5O2. The number of hydrogen-bond acceptors (Lipinski definition) is 6. The molecule has 2 aromatic heterocycles. The number of nitrogens with one attached hydrogen (secondary N) is 2. The standard InChI is InChI=1S/C22H26FN5O2/c1-13(2)28-20-16-7-14(15-8-24-12-25-9-15)5-6-18(16)26-10-17(20)21(29)27-11-19(23)22(3,4)30/h5-10,12-13,19,30H,11H2,1-4H3,(H,26,28)(H,27,29). The number of benzene rings is 1. The number of nitrogens with zero attached hydrogens (tertiary/aromatic N) is 3. The summed E-state index contributed by atoms with van der Waals surface area (Å²) in [5.74, 6) is -0.465. The minimum atomic E-state index is -1.60. The molecule has 0 saturated heterocycles. The number of anilines is 1. The molecule has 7 nitrogen and oxygen atoms in total. The van der Waals surface area contributed by atoms with Crippen molar-refractivity contribution in [2.45, 2.75) is 45.5 Å². The third kappa shape index (κ3) is 4.88. The highest BCUT2D eigenvalue weighted by atomic mass is 19.1. The number of carbonyl (C=O) groups excluding carboxylic acids is 1. The molecule has 0 aliphatic rings. The highest BCUT2D eigenvalue weighted by Crippen LogP contribution is 2.31. The minimum absolute atomic E-state index is 0.0520. The molecule has 158 valence electrons. The molecule has 0 bridgehead atoms. The van der Waals surface area contributed by atoms with Crippen LogP contribution in [0.15, 0.2) is 43.1 Å². The van der Waals surface area contributed by atoms with Crippen LogP contribution in [0, 0.1) is 0 Å². The van der Waals surface area contributed by atoms with Gasteiger partial charge in [0, 0.05) is 35.6 Å². The molecule has 1 atom stereocenters. The quantitative estimate of drug-likeness (QED) is 0.551. The number of carbonyl (C=O) groups is 1. The second kappa shape index (κ2) is 8.71. The number of fused-ring (bicyclic) bond motifs is 1. The summed E-state index contributed by atoms with van der Waals surface area (Å²) in [4.78, 5) is 25.3. The van der Waals surface area contributed by atoms with Crippen molar-refractivity contribution < 1.29 is 14.3 Å². The fourth-order valence-corrected chi connectivity index (χ4v) is 2.96. The SMILES string of the molecule is CC(C)Nc1c(C(=O)NCC(F)C(C)(C)O)cnc2ccc(-c3cncnc3)cc12. The monoisotopic (exact) mass is 411 g/mol. The minimum Gasteiger partial charge on any atom is -0.387 e. The number of aliphatic hydroxyl groups is 1. The van der Waals surface area contributed by atoms with Gasteiger partial charge in [0.1, 0.15) is 12.5 Å². The van der Waals surface area contributed by atoms with Gasteiger partial charge in [0.25, 0.3) is 5.91 Å². The van der Waals surface area contributed by atoms with E-state index in [0.29, 0.717) is 11.3 Å². The third-order valence-corrected chi connectivity index (χ3v) is 4.65. The fraction of sp³-hybridized carbons (Fsp3) is 0.364. The number of pyridine rings is 1. The summed E-state index contributed by atoms with van der Waals surface area (Å²) in [5.41, 5.74) is 1.83. The van der Waals surface area contributed by atoms with Gasteiger partial charge in [-0.2, -0.15) is 0 Å². The van der Waals surface area contributed by atoms with Crippen LogP contribution < -0.4 is 10.6 Å². The van der Waals surface area contributed by atoms with Crippen LogP contribution in [0.5, 0.6) is 0 Å². The van der Waals surface area contributed by atoms with Gasteiger partial charge in [-0.05, 0) is 45.4 Å². The molecule has 1 amide bonds. The Hall–Kier alpha value is -3.13. The predicted octanol–water partition coefficient (Wildman–Crippen LogP) is 3.35. The van der Waals surface area contributed by atoms with Gasteiger partial charge in [0.2, 0.25) is 0 Å². The van der Waals surface area contributed by atoms with E-state index in [1.165, 1.54) is 26.4 Å². The molecule has 1 unspecified atom stereocenters. The Morgan fingerprint density at radius 2 is 1.87 bits per heavy atom. The van der Waals surface area contributed by atoms with E-state index in [-0.39, 0.29) is 12.6 Å². The van der Waals surface area contributed by atoms with Gasteiger partial charge in [-0.1, -0.05) is 6.07 Å². The Morgan fingerprint density at radius 1 is 1.17 bits per heavy atom. The van der Waals surface area contributed by atoms with Crippen LogP contribution in [0.25, 0.3) is 22.0 Å². The van der Waals surface area contributed by atoms with Gasteiger partial charge in [0.15, 0.2) is 0 Å². The third-order valence-electron chi connectivity index (χ3n) is 4.65. The molecule has 2 heterocycles. The highest BCUT2D eigenvalue weighted by molar-refractivity contribution is 6.07. The zero-order chi connectivity index (χ0) is 21.9. The van der Waals surface area contributed by atoms with Gasteiger partial charge < -0.3 is 15.7 Å². The van der Waals surface area contributed by atoms with Crippen LogP contribution in [0.3, 0.4) is 0 Å². The number of alkyl halides is 1. The van der Waals surface area contributed by atoms with Crippen molar-refractivity contribution >= 4 is 22.5 Å². The van der Waals surface area contributed by atoms with Crippen LogP contribution in [-0.4, -0.2) is 50.3 Å².